The molecule has 5 heteroatoms. The maximum Gasteiger partial charge on any atom is 0.257 e. The van der Waals surface area contributed by atoms with Crippen LogP contribution in [0.25, 0.3) is 0 Å². The first-order valence-corrected chi connectivity index (χ1v) is 7.66. The smallest absolute Gasteiger partial charge is 0.257 e. The Bertz CT molecular complexity index is 529. The maximum absolute atomic E-state index is 13.9. The van der Waals surface area contributed by atoms with Gasteiger partial charge in [0.05, 0.1) is 5.56 Å². The van der Waals surface area contributed by atoms with Crippen LogP contribution in [0.1, 0.15) is 42.5 Å². The molecule has 2 aliphatic rings. The van der Waals surface area contributed by atoms with Crippen molar-refractivity contribution in [2.45, 2.75) is 44.2 Å². The summed E-state index contributed by atoms with van der Waals surface area (Å²) in [4.78, 5) is 14.4. The highest BCUT2D eigenvalue weighted by molar-refractivity contribution is 5.94. The van der Waals surface area contributed by atoms with E-state index >= 15 is 0 Å². The topological polar surface area (TPSA) is 32.3 Å². The van der Waals surface area contributed by atoms with Crippen LogP contribution in [0.5, 0.6) is 0 Å². The molecule has 1 N–H and O–H groups in total. The number of hydrogen-bond acceptors (Lipinski definition) is 2. The molecular weight excluding hydrogens is 274 g/mol. The highest BCUT2D eigenvalue weighted by Gasteiger charge is 2.35. The van der Waals surface area contributed by atoms with E-state index in [2.05, 4.69) is 5.32 Å². The third-order valence-corrected chi connectivity index (χ3v) is 4.53. The highest BCUT2D eigenvalue weighted by atomic mass is 19.1. The predicted molar refractivity (Wildman–Crippen MR) is 76.1 cm³/mol. The Labute approximate surface area is 123 Å². The van der Waals surface area contributed by atoms with E-state index in [9.17, 15) is 13.6 Å². The number of nitrogens with one attached hydrogen (secondary N) is 1. The van der Waals surface area contributed by atoms with E-state index < -0.39 is 11.6 Å². The fourth-order valence-corrected chi connectivity index (χ4v) is 3.49. The van der Waals surface area contributed by atoms with Gasteiger partial charge < -0.3 is 10.2 Å². The number of benzene rings is 1. The van der Waals surface area contributed by atoms with Gasteiger partial charge in [0.25, 0.3) is 5.91 Å². The molecule has 2 unspecified atom stereocenters. The fourth-order valence-electron chi connectivity index (χ4n) is 3.49. The zero-order valence-corrected chi connectivity index (χ0v) is 11.9. The minimum absolute atomic E-state index is 0.0266. The Hall–Kier alpha value is -1.49. The van der Waals surface area contributed by atoms with Gasteiger partial charge >= 0.3 is 0 Å². The number of carbonyl (C=O) groups excluding carboxylic acids is 1. The normalized spacial score (nSPS) is 26.1. The van der Waals surface area contributed by atoms with Gasteiger partial charge in [0.2, 0.25) is 0 Å². The standard InChI is InChI=1S/C16H20F2N2O/c17-11-6-7-12(13(18)10-11)16(21)20-9-2-1-5-15(20)14-4-3-8-19-14/h6-7,10,14-15,19H,1-5,8-9H2. The van der Waals surface area contributed by atoms with Crippen molar-refractivity contribution < 1.29 is 13.6 Å². The summed E-state index contributed by atoms with van der Waals surface area (Å²) in [6.45, 7) is 1.63. The summed E-state index contributed by atoms with van der Waals surface area (Å²) in [6.07, 6.45) is 5.16. The number of hydrogen-bond donors (Lipinski definition) is 1. The Morgan fingerprint density at radius 3 is 2.76 bits per heavy atom. The molecule has 1 aromatic carbocycles. The van der Waals surface area contributed by atoms with Crippen LogP contribution in [0.3, 0.4) is 0 Å². The summed E-state index contributed by atoms with van der Waals surface area (Å²) >= 11 is 0. The molecule has 0 spiro atoms. The van der Waals surface area contributed by atoms with Gasteiger partial charge in [0.1, 0.15) is 11.6 Å². The number of likely N-dealkylation sites (tertiary alicyclic amines) is 1. The molecule has 2 aliphatic heterocycles. The second-order valence-corrected chi connectivity index (χ2v) is 5.89. The largest absolute Gasteiger partial charge is 0.334 e. The van der Waals surface area contributed by atoms with Crippen LogP contribution in [0.4, 0.5) is 8.78 Å². The Kier molecular flexibility index (Phi) is 4.19. The van der Waals surface area contributed by atoms with Gasteiger partial charge in [-0.3, -0.25) is 4.79 Å². The number of piperidine rings is 1. The zero-order valence-electron chi connectivity index (χ0n) is 11.9. The molecule has 1 aromatic rings. The molecule has 2 saturated heterocycles. The Balaban J connectivity index is 1.83. The molecule has 0 radical (unpaired) electrons. The van der Waals surface area contributed by atoms with E-state index in [1.807, 2.05) is 0 Å². The van der Waals surface area contributed by atoms with Gasteiger partial charge in [-0.2, -0.15) is 0 Å². The average molecular weight is 294 g/mol. The minimum atomic E-state index is -0.774. The van der Waals surface area contributed by atoms with Gasteiger partial charge in [-0.05, 0) is 50.8 Å². The molecule has 2 fully saturated rings. The van der Waals surface area contributed by atoms with Crippen LogP contribution in [-0.4, -0.2) is 36.0 Å². The Morgan fingerprint density at radius 2 is 2.05 bits per heavy atom. The summed E-state index contributed by atoms with van der Waals surface area (Å²) in [7, 11) is 0. The van der Waals surface area contributed by atoms with Crippen molar-refractivity contribution in [1.29, 1.82) is 0 Å². The summed E-state index contributed by atoms with van der Waals surface area (Å²) in [6, 6.07) is 3.60. The lowest BCUT2D eigenvalue weighted by atomic mass is 9.93. The third kappa shape index (κ3) is 2.93. The summed E-state index contributed by atoms with van der Waals surface area (Å²) in [5.74, 6) is -1.74. The first-order chi connectivity index (χ1) is 10.2. The maximum atomic E-state index is 13.9. The van der Waals surface area contributed by atoms with Gasteiger partial charge in [0, 0.05) is 24.7 Å². The van der Waals surface area contributed by atoms with Gasteiger partial charge in [-0.1, -0.05) is 0 Å². The van der Waals surface area contributed by atoms with E-state index in [-0.39, 0.29) is 17.5 Å². The monoisotopic (exact) mass is 294 g/mol. The van der Waals surface area contributed by atoms with Crippen molar-refractivity contribution in [1.82, 2.24) is 10.2 Å². The van der Waals surface area contributed by atoms with Crippen LogP contribution < -0.4 is 5.32 Å². The van der Waals surface area contributed by atoms with E-state index in [0.29, 0.717) is 12.6 Å². The summed E-state index contributed by atoms with van der Waals surface area (Å²) in [5.41, 5.74) is -0.0266. The molecular formula is C16H20F2N2O. The number of halogens is 2. The molecule has 2 atom stereocenters. The van der Waals surface area contributed by atoms with Crippen LogP contribution in [0.15, 0.2) is 18.2 Å². The second-order valence-electron chi connectivity index (χ2n) is 5.89. The molecule has 0 aromatic heterocycles. The predicted octanol–water partition coefficient (Wildman–Crippen LogP) is 2.71. The van der Waals surface area contributed by atoms with Crippen LogP contribution in [-0.2, 0) is 0 Å². The Morgan fingerprint density at radius 1 is 1.19 bits per heavy atom. The van der Waals surface area contributed by atoms with E-state index in [1.54, 1.807) is 4.90 Å². The van der Waals surface area contributed by atoms with Crippen molar-refractivity contribution in [2.75, 3.05) is 13.1 Å². The number of rotatable bonds is 2. The lowest BCUT2D eigenvalue weighted by Crippen LogP contribution is -2.52. The minimum Gasteiger partial charge on any atom is -0.334 e. The fraction of sp³-hybridized carbons (Fsp3) is 0.562. The highest BCUT2D eigenvalue weighted by Crippen LogP contribution is 2.26. The second kappa shape index (κ2) is 6.10. The van der Waals surface area contributed by atoms with Crippen LogP contribution in [0, 0.1) is 11.6 Å². The lowest BCUT2D eigenvalue weighted by Gasteiger charge is -2.39. The molecule has 3 rings (SSSR count). The molecule has 0 saturated carbocycles. The van der Waals surface area contributed by atoms with E-state index in [4.69, 9.17) is 0 Å². The van der Waals surface area contributed by atoms with Crippen LogP contribution >= 0.6 is 0 Å². The first kappa shape index (κ1) is 14.4. The molecule has 1 amide bonds. The first-order valence-electron chi connectivity index (χ1n) is 7.66. The molecule has 3 nitrogen and oxygen atoms in total. The van der Waals surface area contributed by atoms with E-state index in [0.717, 1.165) is 50.8 Å². The van der Waals surface area contributed by atoms with E-state index in [1.165, 1.54) is 6.07 Å². The van der Waals surface area contributed by atoms with Crippen molar-refractivity contribution in [3.63, 3.8) is 0 Å². The number of amides is 1. The number of nitrogens with zero attached hydrogens (tertiary/aromatic N) is 1. The zero-order chi connectivity index (χ0) is 14.8. The third-order valence-electron chi connectivity index (χ3n) is 4.53. The van der Waals surface area contributed by atoms with Crippen LogP contribution in [0.2, 0.25) is 0 Å². The van der Waals surface area contributed by atoms with Gasteiger partial charge in [0.15, 0.2) is 0 Å². The number of carbonyl (C=O) groups is 1. The van der Waals surface area contributed by atoms with Crippen molar-refractivity contribution in [3.8, 4) is 0 Å². The van der Waals surface area contributed by atoms with Gasteiger partial charge in [-0.25, -0.2) is 8.78 Å². The SMILES string of the molecule is O=C(c1ccc(F)cc1F)N1CCCCC1C1CCCN1. The van der Waals surface area contributed by atoms with Crippen molar-refractivity contribution in [3.05, 3.63) is 35.4 Å². The van der Waals surface area contributed by atoms with Gasteiger partial charge in [-0.15, -0.1) is 0 Å². The summed E-state index contributed by atoms with van der Waals surface area (Å²) in [5, 5.41) is 3.44. The van der Waals surface area contributed by atoms with Crippen molar-refractivity contribution >= 4 is 5.91 Å². The quantitative estimate of drug-likeness (QED) is 0.909. The molecule has 2 heterocycles. The molecule has 0 bridgehead atoms. The lowest BCUT2D eigenvalue weighted by molar-refractivity contribution is 0.0559. The molecule has 0 aliphatic carbocycles. The summed E-state index contributed by atoms with van der Waals surface area (Å²) < 4.78 is 26.9. The molecule has 114 valence electrons. The van der Waals surface area contributed by atoms with Crippen molar-refractivity contribution in [2.24, 2.45) is 0 Å². The average Bonchev–Trinajstić information content (AvgIpc) is 3.01. The molecule has 21 heavy (non-hydrogen) atoms.